The van der Waals surface area contributed by atoms with Crippen molar-refractivity contribution in [2.24, 2.45) is 5.14 Å². The van der Waals surface area contributed by atoms with Gasteiger partial charge in [0.05, 0.1) is 19.3 Å². The molecular weight excluding hydrogens is 316 g/mol. The van der Waals surface area contributed by atoms with Crippen LogP contribution < -0.4 is 15.2 Å². The largest absolute Gasteiger partial charge is 0.495 e. The van der Waals surface area contributed by atoms with Crippen LogP contribution in [0.4, 0.5) is 5.69 Å². The summed E-state index contributed by atoms with van der Waals surface area (Å²) in [7, 11) is -2.29. The van der Waals surface area contributed by atoms with Crippen LogP contribution in [0.25, 0.3) is 0 Å². The molecular formula is C13H15ClN2O4S. The van der Waals surface area contributed by atoms with Crippen molar-refractivity contribution in [3.63, 3.8) is 0 Å². The van der Waals surface area contributed by atoms with Crippen molar-refractivity contribution < 1.29 is 17.6 Å². The highest BCUT2D eigenvalue weighted by molar-refractivity contribution is 7.89. The minimum atomic E-state index is -3.83. The monoisotopic (exact) mass is 330 g/mol. The first-order chi connectivity index (χ1) is 9.81. The molecule has 2 aromatic rings. The molecule has 1 aromatic heterocycles. The summed E-state index contributed by atoms with van der Waals surface area (Å²) in [5, 5.41) is 8.42. The molecule has 0 atom stereocenters. The lowest BCUT2D eigenvalue weighted by Crippen LogP contribution is -2.10. The summed E-state index contributed by atoms with van der Waals surface area (Å²) in [6, 6.07) is 6.40. The second kappa shape index (κ2) is 5.97. The van der Waals surface area contributed by atoms with Gasteiger partial charge in [0.1, 0.15) is 11.5 Å². The molecule has 0 saturated carbocycles. The summed E-state index contributed by atoms with van der Waals surface area (Å²) in [5.74, 6) is 1.03. The molecule has 0 aliphatic carbocycles. The zero-order valence-electron chi connectivity index (χ0n) is 11.5. The molecule has 0 spiro atoms. The molecule has 0 saturated heterocycles. The Morgan fingerprint density at radius 2 is 2.10 bits per heavy atom. The van der Waals surface area contributed by atoms with E-state index in [4.69, 9.17) is 25.9 Å². The number of rotatable bonds is 5. The lowest BCUT2D eigenvalue weighted by molar-refractivity contribution is 0.412. The number of nitrogens with two attached hydrogens (primary N) is 1. The van der Waals surface area contributed by atoms with Gasteiger partial charge in [0, 0.05) is 11.1 Å². The predicted octanol–water partition coefficient (Wildman–Crippen LogP) is 2.51. The maximum atomic E-state index is 11.1. The molecule has 8 heteroatoms. The number of aryl methyl sites for hydroxylation is 1. The van der Waals surface area contributed by atoms with E-state index in [9.17, 15) is 8.42 Å². The van der Waals surface area contributed by atoms with E-state index >= 15 is 0 Å². The number of ether oxygens (including phenoxy) is 1. The van der Waals surface area contributed by atoms with Crippen LogP contribution in [0, 0.1) is 6.92 Å². The fraction of sp³-hybridized carbons (Fsp3) is 0.231. The molecule has 1 aromatic carbocycles. The van der Waals surface area contributed by atoms with E-state index in [1.807, 2.05) is 13.0 Å². The van der Waals surface area contributed by atoms with Crippen LogP contribution in [0.1, 0.15) is 11.3 Å². The van der Waals surface area contributed by atoms with E-state index in [2.05, 4.69) is 5.32 Å². The second-order valence-corrected chi connectivity index (χ2v) is 6.32. The van der Waals surface area contributed by atoms with Crippen molar-refractivity contribution >= 4 is 27.3 Å². The van der Waals surface area contributed by atoms with Gasteiger partial charge in [-0.1, -0.05) is 11.6 Å². The minimum Gasteiger partial charge on any atom is -0.495 e. The summed E-state index contributed by atoms with van der Waals surface area (Å²) in [4.78, 5) is 0. The zero-order valence-corrected chi connectivity index (χ0v) is 13.1. The predicted molar refractivity (Wildman–Crippen MR) is 80.1 cm³/mol. The minimum absolute atomic E-state index is 0.265. The topological polar surface area (TPSA) is 94.6 Å². The van der Waals surface area contributed by atoms with E-state index in [1.165, 1.54) is 13.2 Å². The van der Waals surface area contributed by atoms with Crippen molar-refractivity contribution in [3.8, 4) is 5.75 Å². The van der Waals surface area contributed by atoms with Crippen LogP contribution in [0.2, 0.25) is 5.02 Å². The molecule has 0 bridgehead atoms. The molecule has 0 fully saturated rings. The molecule has 1 heterocycles. The number of anilines is 1. The Kier molecular flexibility index (Phi) is 4.46. The number of methoxy groups -OCH3 is 1. The molecule has 114 valence electrons. The average molecular weight is 331 g/mol. The van der Waals surface area contributed by atoms with Crippen molar-refractivity contribution in [3.05, 3.63) is 40.6 Å². The zero-order chi connectivity index (χ0) is 15.6. The standard InChI is InChI=1S/C13H15ClN2O4S/c1-8-5-11(12(19-2)6-10(8)14)16-7-9-3-4-13(20-9)21(15,17)18/h3-6,16H,7H2,1-2H3,(H2,15,17,18). The van der Waals surface area contributed by atoms with Crippen LogP contribution in [-0.4, -0.2) is 15.5 Å². The summed E-state index contributed by atoms with van der Waals surface area (Å²) < 4.78 is 32.7. The Morgan fingerprint density at radius 3 is 2.67 bits per heavy atom. The third-order valence-electron chi connectivity index (χ3n) is 2.85. The van der Waals surface area contributed by atoms with Crippen molar-refractivity contribution in [2.45, 2.75) is 18.6 Å². The molecule has 21 heavy (non-hydrogen) atoms. The number of halogens is 1. The number of sulfonamides is 1. The van der Waals surface area contributed by atoms with E-state index in [-0.39, 0.29) is 11.6 Å². The van der Waals surface area contributed by atoms with Gasteiger partial charge in [-0.05, 0) is 30.7 Å². The first-order valence-electron chi connectivity index (χ1n) is 6.01. The first kappa shape index (κ1) is 15.7. The van der Waals surface area contributed by atoms with Crippen LogP contribution in [0.15, 0.2) is 33.8 Å². The van der Waals surface area contributed by atoms with Crippen molar-refractivity contribution in [2.75, 3.05) is 12.4 Å². The highest BCUT2D eigenvalue weighted by Crippen LogP contribution is 2.31. The van der Waals surface area contributed by atoms with Crippen LogP contribution in [0.3, 0.4) is 0 Å². The Bertz CT molecular complexity index is 756. The highest BCUT2D eigenvalue weighted by Gasteiger charge is 2.13. The number of hydrogen-bond acceptors (Lipinski definition) is 5. The van der Waals surface area contributed by atoms with Gasteiger partial charge in [-0.25, -0.2) is 13.6 Å². The first-order valence-corrected chi connectivity index (χ1v) is 7.93. The molecule has 0 aliphatic rings. The van der Waals surface area contributed by atoms with Crippen molar-refractivity contribution in [1.82, 2.24) is 0 Å². The van der Waals surface area contributed by atoms with E-state index in [0.29, 0.717) is 16.5 Å². The Hall–Kier alpha value is -1.70. The number of furan rings is 1. The summed E-state index contributed by atoms with van der Waals surface area (Å²) in [5.41, 5.74) is 1.62. The van der Waals surface area contributed by atoms with Gasteiger partial charge in [0.15, 0.2) is 0 Å². The lowest BCUT2D eigenvalue weighted by atomic mass is 10.2. The molecule has 3 N–H and O–H groups in total. The highest BCUT2D eigenvalue weighted by atomic mass is 35.5. The smallest absolute Gasteiger partial charge is 0.271 e. The van der Waals surface area contributed by atoms with E-state index in [0.717, 1.165) is 11.3 Å². The molecule has 0 unspecified atom stereocenters. The second-order valence-electron chi connectivity index (χ2n) is 4.42. The Balaban J connectivity index is 2.17. The number of hydrogen-bond donors (Lipinski definition) is 2. The molecule has 2 rings (SSSR count). The van der Waals surface area contributed by atoms with Gasteiger partial charge >= 0.3 is 0 Å². The maximum Gasteiger partial charge on any atom is 0.271 e. The van der Waals surface area contributed by atoms with Crippen LogP contribution in [-0.2, 0) is 16.6 Å². The number of primary sulfonamides is 1. The third-order valence-corrected chi connectivity index (χ3v) is 4.04. The quantitative estimate of drug-likeness (QED) is 0.878. The number of benzene rings is 1. The Labute approximate surface area is 127 Å². The van der Waals surface area contributed by atoms with Crippen LogP contribution >= 0.6 is 11.6 Å². The summed E-state index contributed by atoms with van der Waals surface area (Å²) >= 11 is 6.03. The van der Waals surface area contributed by atoms with Gasteiger partial charge in [-0.2, -0.15) is 0 Å². The van der Waals surface area contributed by atoms with Gasteiger partial charge < -0.3 is 14.5 Å². The van der Waals surface area contributed by atoms with E-state index in [1.54, 1.807) is 12.1 Å². The van der Waals surface area contributed by atoms with Gasteiger partial charge in [0.25, 0.3) is 10.0 Å². The van der Waals surface area contributed by atoms with Crippen LogP contribution in [0.5, 0.6) is 5.75 Å². The average Bonchev–Trinajstić information content (AvgIpc) is 2.88. The molecule has 0 aliphatic heterocycles. The maximum absolute atomic E-state index is 11.1. The fourth-order valence-electron chi connectivity index (χ4n) is 1.76. The molecule has 0 radical (unpaired) electrons. The lowest BCUT2D eigenvalue weighted by Gasteiger charge is -2.12. The number of nitrogens with one attached hydrogen (secondary N) is 1. The molecule has 0 amide bonds. The summed E-state index contributed by atoms with van der Waals surface area (Å²) in [6.45, 7) is 2.16. The fourth-order valence-corrected chi connectivity index (χ4v) is 2.39. The van der Waals surface area contributed by atoms with Crippen molar-refractivity contribution in [1.29, 1.82) is 0 Å². The van der Waals surface area contributed by atoms with E-state index < -0.39 is 10.0 Å². The normalized spacial score (nSPS) is 11.4. The van der Waals surface area contributed by atoms with Gasteiger partial charge in [0.2, 0.25) is 5.09 Å². The molecule has 6 nitrogen and oxygen atoms in total. The third kappa shape index (κ3) is 3.69. The summed E-state index contributed by atoms with van der Waals surface area (Å²) in [6.07, 6.45) is 0. The van der Waals surface area contributed by atoms with Gasteiger partial charge in [-0.15, -0.1) is 0 Å². The Morgan fingerprint density at radius 1 is 1.38 bits per heavy atom. The SMILES string of the molecule is COc1cc(Cl)c(C)cc1NCc1ccc(S(N)(=O)=O)o1. The van der Waals surface area contributed by atoms with Gasteiger partial charge in [-0.3, -0.25) is 0 Å².